The van der Waals surface area contributed by atoms with Gasteiger partial charge in [-0.1, -0.05) is 0 Å². The van der Waals surface area contributed by atoms with Crippen molar-refractivity contribution in [3.05, 3.63) is 41.2 Å². The third kappa shape index (κ3) is 5.32. The van der Waals surface area contributed by atoms with E-state index in [1.165, 1.54) is 0 Å². The summed E-state index contributed by atoms with van der Waals surface area (Å²) in [6, 6.07) is 5.51. The summed E-state index contributed by atoms with van der Waals surface area (Å²) in [6.45, 7) is 3.86. The number of aromatic amines is 1. The van der Waals surface area contributed by atoms with Gasteiger partial charge in [-0.05, 0) is 26.0 Å². The number of hydrogen-bond donors (Lipinski definition) is 1. The third-order valence-electron chi connectivity index (χ3n) is 3.90. The summed E-state index contributed by atoms with van der Waals surface area (Å²) in [6.07, 6.45) is 1.74. The van der Waals surface area contributed by atoms with Gasteiger partial charge in [0.2, 0.25) is 0 Å². The molecule has 1 aromatic carbocycles. The van der Waals surface area contributed by atoms with Crippen molar-refractivity contribution in [3.8, 4) is 11.5 Å². The fourth-order valence-corrected chi connectivity index (χ4v) is 3.71. The van der Waals surface area contributed by atoms with Gasteiger partial charge in [0.25, 0.3) is 0 Å². The summed E-state index contributed by atoms with van der Waals surface area (Å²) in [5.41, 5.74) is 4.16. The van der Waals surface area contributed by atoms with Crippen LogP contribution in [0.5, 0.6) is 11.5 Å². The lowest BCUT2D eigenvalue weighted by molar-refractivity contribution is 0.407. The second-order valence-electron chi connectivity index (χ2n) is 5.46. The Morgan fingerprint density at radius 1 is 1.07 bits per heavy atom. The van der Waals surface area contributed by atoms with Crippen LogP contribution in [-0.4, -0.2) is 55.6 Å². The molecule has 9 N–H and O–H groups in total. The van der Waals surface area contributed by atoms with E-state index >= 15 is 0 Å². The second-order valence-corrected chi connectivity index (χ2v) is 6.83. The first-order valence-corrected chi connectivity index (χ1v) is 8.76. The van der Waals surface area contributed by atoms with Gasteiger partial charge in [0.05, 0.1) is 30.9 Å². The van der Waals surface area contributed by atoms with E-state index in [2.05, 4.69) is 15.0 Å². The number of aryl methyl sites for hydroxylation is 1. The van der Waals surface area contributed by atoms with Crippen LogP contribution in [0.1, 0.15) is 16.8 Å². The van der Waals surface area contributed by atoms with Crippen LogP contribution in [0, 0.1) is 13.8 Å². The molecule has 3 rings (SSSR count). The van der Waals surface area contributed by atoms with Crippen molar-refractivity contribution in [1.82, 2.24) is 15.0 Å². The Bertz CT molecular complexity index is 889. The van der Waals surface area contributed by atoms with Crippen molar-refractivity contribution in [2.45, 2.75) is 24.8 Å². The van der Waals surface area contributed by atoms with E-state index in [-0.39, 0.29) is 27.7 Å². The Hall–Kier alpha value is -2.41. The molecule has 0 radical (unpaired) electrons. The zero-order chi connectivity index (χ0) is 17.3. The number of benzene rings is 1. The highest BCUT2D eigenvalue weighted by Crippen LogP contribution is 2.27. The van der Waals surface area contributed by atoms with Crippen molar-refractivity contribution < 1.29 is 35.9 Å². The monoisotopic (exact) mass is 417 g/mol. The summed E-state index contributed by atoms with van der Waals surface area (Å²) in [5.74, 6) is 1.78. The minimum atomic E-state index is -1.33. The highest BCUT2D eigenvalue weighted by molar-refractivity contribution is 7.90. The molecule has 3 aromatic rings. The molecule has 10 nitrogen and oxygen atoms in total. The molecule has 1 atom stereocenters. The fraction of sp³-hybridized carbons (Fsp3) is 0.294. The number of nitrogens with zero attached hydrogens (tertiary/aromatic N) is 2. The topological polar surface area (TPSA) is 209 Å². The lowest BCUT2D eigenvalue weighted by Crippen LogP contribution is -2.10. The van der Waals surface area contributed by atoms with Gasteiger partial charge in [-0.25, -0.2) is 0 Å². The second kappa shape index (κ2) is 11.4. The predicted octanol–water partition coefficient (Wildman–Crippen LogP) is -0.399. The van der Waals surface area contributed by atoms with E-state index in [4.69, 9.17) is 9.47 Å². The average Bonchev–Trinajstić information content (AvgIpc) is 3.01. The number of pyridine rings is 1. The van der Waals surface area contributed by atoms with Gasteiger partial charge in [-0.2, -0.15) is 4.98 Å². The van der Waals surface area contributed by atoms with Crippen LogP contribution in [-0.2, 0) is 16.9 Å². The van der Waals surface area contributed by atoms with Crippen LogP contribution < -0.4 is 9.47 Å². The van der Waals surface area contributed by atoms with Crippen molar-refractivity contribution >= 4 is 22.2 Å². The zero-order valence-electron chi connectivity index (χ0n) is 16.0. The molecule has 0 saturated heterocycles. The van der Waals surface area contributed by atoms with Crippen molar-refractivity contribution in [1.29, 1.82) is 0 Å². The van der Waals surface area contributed by atoms with E-state index in [1.54, 1.807) is 20.4 Å². The molecular weight excluding hydrogens is 390 g/mol. The van der Waals surface area contributed by atoms with Gasteiger partial charge in [0, 0.05) is 34.6 Å². The molecular formula is C17H27N3O7S. The normalized spacial score (nSPS) is 10.6. The zero-order valence-corrected chi connectivity index (χ0v) is 16.9. The van der Waals surface area contributed by atoms with Gasteiger partial charge >= 0.3 is 5.16 Å². The average molecular weight is 417 g/mol. The fourth-order valence-electron chi connectivity index (χ4n) is 2.61. The highest BCUT2D eigenvalue weighted by atomic mass is 32.2. The van der Waals surface area contributed by atoms with Crippen LogP contribution in [0.4, 0.5) is 0 Å². The number of rotatable bonds is 5. The number of aromatic nitrogens is 3. The van der Waals surface area contributed by atoms with Gasteiger partial charge in [-0.3, -0.25) is 9.97 Å². The molecule has 0 aliphatic heterocycles. The van der Waals surface area contributed by atoms with Gasteiger partial charge in [-0.15, -0.1) is 0 Å². The summed E-state index contributed by atoms with van der Waals surface area (Å²) in [7, 11) is 3.23. The number of hydrogen-bond acceptors (Lipinski definition) is 5. The van der Waals surface area contributed by atoms with E-state index in [1.807, 2.05) is 32.0 Å². The Morgan fingerprint density at radius 3 is 2.36 bits per heavy atom. The molecule has 2 heterocycles. The molecule has 0 spiro atoms. The van der Waals surface area contributed by atoms with Crippen LogP contribution in [0.25, 0.3) is 11.0 Å². The molecule has 0 saturated carbocycles. The SMILES string of the molecule is COc1ccc2[nH]c([S@@+]([O-])Cc3ncc(C)c(OC)c3C)nc2c1.O.O.O.O. The first-order valence-electron chi connectivity index (χ1n) is 7.44. The molecule has 158 valence electrons. The van der Waals surface area contributed by atoms with Crippen LogP contribution in [0.2, 0.25) is 0 Å². The van der Waals surface area contributed by atoms with Gasteiger partial charge in [0.1, 0.15) is 11.5 Å². The summed E-state index contributed by atoms with van der Waals surface area (Å²) < 4.78 is 23.3. The van der Waals surface area contributed by atoms with Gasteiger partial charge in [0.15, 0.2) is 5.75 Å². The molecule has 0 amide bonds. The first kappa shape index (κ1) is 27.8. The molecule has 0 aliphatic carbocycles. The van der Waals surface area contributed by atoms with E-state index in [0.717, 1.165) is 33.6 Å². The molecule has 2 aromatic heterocycles. The van der Waals surface area contributed by atoms with E-state index in [0.29, 0.717) is 10.9 Å². The quantitative estimate of drug-likeness (QED) is 0.547. The molecule has 0 bridgehead atoms. The largest absolute Gasteiger partial charge is 0.609 e. The van der Waals surface area contributed by atoms with E-state index < -0.39 is 11.2 Å². The number of fused-ring (bicyclic) bond motifs is 1. The standard InChI is InChI=1S/C17H19N3O3S.4H2O/c1-10-8-18-15(11(2)16(10)23-4)9-24(21)17-19-13-6-5-12(22-3)7-14(13)20-17;;;;/h5-8H,9H2,1-4H3,(H,19,20);4*1H2/t24-;;;;/m0..../s1. The number of nitrogens with one attached hydrogen (secondary N) is 1. The Morgan fingerprint density at radius 2 is 1.75 bits per heavy atom. The summed E-state index contributed by atoms with van der Waals surface area (Å²) in [5, 5.41) is 0.430. The minimum absolute atomic E-state index is 0. The van der Waals surface area contributed by atoms with Gasteiger partial charge < -0.3 is 35.9 Å². The lowest BCUT2D eigenvalue weighted by Gasteiger charge is -2.13. The molecule has 28 heavy (non-hydrogen) atoms. The number of methoxy groups -OCH3 is 2. The number of ether oxygens (including phenoxy) is 2. The molecule has 0 aliphatic rings. The first-order chi connectivity index (χ1) is 11.5. The predicted molar refractivity (Wildman–Crippen MR) is 107 cm³/mol. The maximum Gasteiger partial charge on any atom is 0.322 e. The van der Waals surface area contributed by atoms with Crippen LogP contribution in [0.15, 0.2) is 29.6 Å². The molecule has 11 heteroatoms. The van der Waals surface area contributed by atoms with Crippen molar-refractivity contribution in [2.24, 2.45) is 0 Å². The van der Waals surface area contributed by atoms with E-state index in [9.17, 15) is 4.55 Å². The maximum absolute atomic E-state index is 12.7. The van der Waals surface area contributed by atoms with Crippen LogP contribution >= 0.6 is 0 Å². The number of imidazole rings is 1. The Kier molecular flexibility index (Phi) is 11.4. The van der Waals surface area contributed by atoms with Crippen molar-refractivity contribution in [2.75, 3.05) is 14.2 Å². The highest BCUT2D eigenvalue weighted by Gasteiger charge is 2.21. The maximum atomic E-state index is 12.7. The third-order valence-corrected chi connectivity index (χ3v) is 5.06. The Balaban J connectivity index is 0. The molecule has 0 unspecified atom stereocenters. The molecule has 0 fully saturated rings. The Labute approximate surface area is 165 Å². The number of H-pyrrole nitrogens is 1. The lowest BCUT2D eigenvalue weighted by atomic mass is 10.1. The summed E-state index contributed by atoms with van der Waals surface area (Å²) in [4.78, 5) is 11.9. The minimum Gasteiger partial charge on any atom is -0.609 e. The summed E-state index contributed by atoms with van der Waals surface area (Å²) >= 11 is -1.33. The van der Waals surface area contributed by atoms with Crippen molar-refractivity contribution in [3.63, 3.8) is 0 Å². The smallest absolute Gasteiger partial charge is 0.322 e. The van der Waals surface area contributed by atoms with Crippen LogP contribution in [0.3, 0.4) is 0 Å².